The number of para-hydroxylation sites is 1. The minimum Gasteiger partial charge on any atom is -0.488 e. The van der Waals surface area contributed by atoms with Gasteiger partial charge in [0.25, 0.3) is 0 Å². The summed E-state index contributed by atoms with van der Waals surface area (Å²) in [5.74, 6) is 0.624. The van der Waals surface area contributed by atoms with Crippen molar-refractivity contribution in [1.82, 2.24) is 10.2 Å². The molecule has 1 aliphatic carbocycles. The molecular formula is C21H23FN2O2. The Morgan fingerprint density at radius 2 is 1.96 bits per heavy atom. The summed E-state index contributed by atoms with van der Waals surface area (Å²) in [4.78, 5) is 14.6. The number of carbonyl (C=O) groups is 1. The molecule has 4 nitrogen and oxygen atoms in total. The van der Waals surface area contributed by atoms with Crippen LogP contribution >= 0.6 is 0 Å². The van der Waals surface area contributed by atoms with Gasteiger partial charge in [-0.2, -0.15) is 0 Å². The number of urea groups is 1. The highest BCUT2D eigenvalue weighted by molar-refractivity contribution is 5.75. The van der Waals surface area contributed by atoms with Gasteiger partial charge in [0.2, 0.25) is 0 Å². The van der Waals surface area contributed by atoms with Gasteiger partial charge < -0.3 is 15.0 Å². The molecule has 136 valence electrons. The molecule has 0 bridgehead atoms. The molecule has 26 heavy (non-hydrogen) atoms. The molecule has 1 saturated carbocycles. The Bertz CT molecular complexity index is 781. The Morgan fingerprint density at radius 1 is 1.23 bits per heavy atom. The van der Waals surface area contributed by atoms with Gasteiger partial charge in [0, 0.05) is 18.0 Å². The molecule has 1 N–H and O–H groups in total. The van der Waals surface area contributed by atoms with E-state index in [0.29, 0.717) is 12.1 Å². The van der Waals surface area contributed by atoms with Crippen molar-refractivity contribution in [2.24, 2.45) is 0 Å². The minimum absolute atomic E-state index is 0.0545. The highest BCUT2D eigenvalue weighted by Gasteiger charge is 2.37. The van der Waals surface area contributed by atoms with Gasteiger partial charge in [-0.25, -0.2) is 9.18 Å². The second-order valence-electron chi connectivity index (χ2n) is 7.07. The van der Waals surface area contributed by atoms with Crippen LogP contribution in [0.2, 0.25) is 0 Å². The van der Waals surface area contributed by atoms with Gasteiger partial charge in [-0.05, 0) is 37.5 Å². The summed E-state index contributed by atoms with van der Waals surface area (Å²) in [6.45, 7) is 2.33. The molecule has 0 saturated heterocycles. The van der Waals surface area contributed by atoms with Gasteiger partial charge in [-0.1, -0.05) is 36.4 Å². The Balaban J connectivity index is 1.40. The molecule has 0 aromatic heterocycles. The number of halogens is 1. The van der Waals surface area contributed by atoms with Crippen molar-refractivity contribution in [2.45, 2.75) is 44.4 Å². The Kier molecular flexibility index (Phi) is 4.53. The zero-order valence-corrected chi connectivity index (χ0v) is 14.8. The van der Waals surface area contributed by atoms with Crippen molar-refractivity contribution in [3.63, 3.8) is 0 Å². The molecular weight excluding hydrogens is 331 g/mol. The van der Waals surface area contributed by atoms with Crippen molar-refractivity contribution in [3.05, 3.63) is 65.5 Å². The van der Waals surface area contributed by atoms with Crippen LogP contribution < -0.4 is 10.1 Å². The van der Waals surface area contributed by atoms with Crippen LogP contribution in [0.5, 0.6) is 5.75 Å². The van der Waals surface area contributed by atoms with Gasteiger partial charge in [-0.15, -0.1) is 0 Å². The molecule has 1 fully saturated rings. The number of rotatable bonds is 5. The third kappa shape index (κ3) is 3.39. The number of nitrogens with one attached hydrogen (secondary N) is 1. The standard InChI is InChI=1S/C21H23FN2O2/c1-14(18-7-3-4-8-19(18)22)24(16-10-11-16)21(25)23-13-17-12-15-6-2-5-9-20(15)26-17/h2-9,14,16-17H,10-13H2,1H3,(H,23,25). The maximum absolute atomic E-state index is 14.2. The van der Waals surface area contributed by atoms with Crippen LogP contribution in [0.4, 0.5) is 9.18 Å². The number of carbonyl (C=O) groups excluding carboxylic acids is 1. The van der Waals surface area contributed by atoms with E-state index in [1.807, 2.05) is 37.3 Å². The fraction of sp³-hybridized carbons (Fsp3) is 0.381. The van der Waals surface area contributed by atoms with Crippen molar-refractivity contribution < 1.29 is 13.9 Å². The molecule has 2 aliphatic rings. The number of ether oxygens (including phenoxy) is 1. The molecule has 1 heterocycles. The predicted octanol–water partition coefficient (Wildman–Crippen LogP) is 4.06. The Hall–Kier alpha value is -2.56. The average molecular weight is 354 g/mol. The lowest BCUT2D eigenvalue weighted by atomic mass is 10.1. The summed E-state index contributed by atoms with van der Waals surface area (Å²) < 4.78 is 20.0. The summed E-state index contributed by atoms with van der Waals surface area (Å²) in [6, 6.07) is 14.3. The molecule has 4 rings (SSSR count). The Labute approximate surface area is 153 Å². The molecule has 2 amide bonds. The number of fused-ring (bicyclic) bond motifs is 1. The van der Waals surface area contributed by atoms with Crippen LogP contribution in [0.25, 0.3) is 0 Å². The van der Waals surface area contributed by atoms with Crippen molar-refractivity contribution >= 4 is 6.03 Å². The van der Waals surface area contributed by atoms with Crippen LogP contribution in [-0.4, -0.2) is 29.6 Å². The van der Waals surface area contributed by atoms with Crippen molar-refractivity contribution in [1.29, 1.82) is 0 Å². The first-order valence-corrected chi connectivity index (χ1v) is 9.18. The van der Waals surface area contributed by atoms with E-state index in [9.17, 15) is 9.18 Å². The van der Waals surface area contributed by atoms with Gasteiger partial charge in [0.1, 0.15) is 17.7 Å². The summed E-state index contributed by atoms with van der Waals surface area (Å²) >= 11 is 0. The first kappa shape index (κ1) is 16.9. The van der Waals surface area contributed by atoms with E-state index in [0.717, 1.165) is 25.0 Å². The fourth-order valence-electron chi connectivity index (χ4n) is 3.63. The van der Waals surface area contributed by atoms with Crippen molar-refractivity contribution in [3.8, 4) is 5.75 Å². The van der Waals surface area contributed by atoms with Crippen LogP contribution in [0.15, 0.2) is 48.5 Å². The van der Waals surface area contributed by atoms with Gasteiger partial charge >= 0.3 is 6.03 Å². The van der Waals surface area contributed by atoms with E-state index in [2.05, 4.69) is 5.32 Å². The predicted molar refractivity (Wildman–Crippen MR) is 97.6 cm³/mol. The van der Waals surface area contributed by atoms with Gasteiger partial charge in [0.05, 0.1) is 12.6 Å². The quantitative estimate of drug-likeness (QED) is 0.880. The minimum atomic E-state index is -0.301. The summed E-state index contributed by atoms with van der Waals surface area (Å²) in [6.07, 6.45) is 2.68. The molecule has 2 atom stereocenters. The van der Waals surface area contributed by atoms with E-state index >= 15 is 0 Å². The third-order valence-electron chi connectivity index (χ3n) is 5.14. The number of amides is 2. The lowest BCUT2D eigenvalue weighted by molar-refractivity contribution is 0.164. The topological polar surface area (TPSA) is 41.6 Å². The number of hydrogen-bond acceptors (Lipinski definition) is 2. The second-order valence-corrected chi connectivity index (χ2v) is 7.07. The molecule has 2 aromatic rings. The maximum atomic E-state index is 14.2. The SMILES string of the molecule is CC(c1ccccc1F)N(C(=O)NCC1Cc2ccccc2O1)C1CC1. The zero-order valence-electron chi connectivity index (χ0n) is 14.8. The van der Waals surface area contributed by atoms with E-state index in [4.69, 9.17) is 4.74 Å². The molecule has 1 aliphatic heterocycles. The van der Waals surface area contributed by atoms with Gasteiger partial charge in [-0.3, -0.25) is 0 Å². The number of nitrogens with zero attached hydrogens (tertiary/aromatic N) is 1. The average Bonchev–Trinajstić information content (AvgIpc) is 3.38. The largest absolute Gasteiger partial charge is 0.488 e. The lowest BCUT2D eigenvalue weighted by Gasteiger charge is -2.30. The first-order valence-electron chi connectivity index (χ1n) is 9.18. The van der Waals surface area contributed by atoms with Gasteiger partial charge in [0.15, 0.2) is 0 Å². The number of benzene rings is 2. The van der Waals surface area contributed by atoms with Crippen LogP contribution in [0.3, 0.4) is 0 Å². The second kappa shape index (κ2) is 6.98. The smallest absolute Gasteiger partial charge is 0.318 e. The van der Waals surface area contributed by atoms with E-state index in [1.54, 1.807) is 17.0 Å². The van der Waals surface area contributed by atoms with Crippen molar-refractivity contribution in [2.75, 3.05) is 6.54 Å². The van der Waals surface area contributed by atoms with E-state index in [1.165, 1.54) is 11.6 Å². The van der Waals surface area contributed by atoms with E-state index < -0.39 is 0 Å². The molecule has 0 radical (unpaired) electrons. The highest BCUT2D eigenvalue weighted by Crippen LogP contribution is 2.35. The summed E-state index contributed by atoms with van der Waals surface area (Å²) in [5, 5.41) is 2.99. The normalized spacial score (nSPS) is 19.4. The van der Waals surface area contributed by atoms with Crippen LogP contribution in [0, 0.1) is 5.82 Å². The monoisotopic (exact) mass is 354 g/mol. The molecule has 2 unspecified atom stereocenters. The number of hydrogen-bond donors (Lipinski definition) is 1. The van der Waals surface area contributed by atoms with Crippen LogP contribution in [0.1, 0.15) is 36.9 Å². The summed E-state index contributed by atoms with van der Waals surface area (Å²) in [7, 11) is 0. The molecule has 0 spiro atoms. The van der Waals surface area contributed by atoms with E-state index in [-0.39, 0.29) is 30.0 Å². The third-order valence-corrected chi connectivity index (χ3v) is 5.14. The maximum Gasteiger partial charge on any atom is 0.318 e. The molecule has 5 heteroatoms. The fourth-order valence-corrected chi connectivity index (χ4v) is 3.63. The Morgan fingerprint density at radius 3 is 2.69 bits per heavy atom. The van der Waals surface area contributed by atoms with Crippen LogP contribution in [-0.2, 0) is 6.42 Å². The highest BCUT2D eigenvalue weighted by atomic mass is 19.1. The first-order chi connectivity index (χ1) is 12.6. The summed E-state index contributed by atoms with van der Waals surface area (Å²) in [5.41, 5.74) is 1.73. The zero-order chi connectivity index (χ0) is 18.1. The lowest BCUT2D eigenvalue weighted by Crippen LogP contribution is -2.46. The molecule has 2 aromatic carbocycles.